The molecule has 0 radical (unpaired) electrons. The number of rotatable bonds is 5. The van der Waals surface area contributed by atoms with E-state index in [0.29, 0.717) is 26.1 Å². The van der Waals surface area contributed by atoms with Crippen molar-refractivity contribution < 1.29 is 9.53 Å². The van der Waals surface area contributed by atoms with E-state index in [9.17, 15) is 4.79 Å². The van der Waals surface area contributed by atoms with E-state index in [4.69, 9.17) is 9.73 Å². The van der Waals surface area contributed by atoms with Gasteiger partial charge in [0.2, 0.25) is 5.91 Å². The van der Waals surface area contributed by atoms with Gasteiger partial charge in [-0.3, -0.25) is 9.79 Å². The summed E-state index contributed by atoms with van der Waals surface area (Å²) in [5, 5.41) is 7.25. The first-order valence-electron chi connectivity index (χ1n) is 10.6. The molecule has 1 amide bonds. The Morgan fingerprint density at radius 3 is 2.83 bits per heavy atom. The third-order valence-corrected chi connectivity index (χ3v) is 5.86. The van der Waals surface area contributed by atoms with Gasteiger partial charge in [-0.1, -0.05) is 42.0 Å². The number of ether oxygens (including phenoxy) is 1. The highest BCUT2D eigenvalue weighted by Crippen LogP contribution is 2.36. The number of para-hydroxylation sites is 2. The van der Waals surface area contributed by atoms with Crippen LogP contribution in [-0.4, -0.2) is 55.5 Å². The van der Waals surface area contributed by atoms with Crippen LogP contribution in [0.1, 0.15) is 24.0 Å². The summed E-state index contributed by atoms with van der Waals surface area (Å²) in [5.74, 6) is 1.06. The molecular formula is C24H30N4O2. The number of aliphatic imine (C=N–C) groups is 1. The second-order valence-electron chi connectivity index (χ2n) is 8.19. The molecule has 2 aromatic carbocycles. The highest BCUT2D eigenvalue weighted by atomic mass is 16.5. The van der Waals surface area contributed by atoms with Crippen LogP contribution in [0.4, 0.5) is 11.4 Å². The molecule has 1 spiro atoms. The van der Waals surface area contributed by atoms with Gasteiger partial charge < -0.3 is 20.3 Å². The number of anilines is 2. The number of amides is 1. The molecule has 6 nitrogen and oxygen atoms in total. The van der Waals surface area contributed by atoms with Crippen molar-refractivity contribution in [2.24, 2.45) is 4.99 Å². The standard InChI is InChI=1S/C24H30N4O2/c1-18-7-5-8-19(15-18)16-22(29)28-13-6-11-24(17-28)23(25-12-14-30-2)26-20-9-3-4-10-21(20)27-24/h3-5,7-10,15,27H,6,11-14,16-17H2,1-2H3,(H,25,26). The Hall–Kier alpha value is -2.86. The van der Waals surface area contributed by atoms with Crippen LogP contribution < -0.4 is 10.6 Å². The fourth-order valence-corrected chi connectivity index (χ4v) is 4.38. The summed E-state index contributed by atoms with van der Waals surface area (Å²) < 4.78 is 5.19. The summed E-state index contributed by atoms with van der Waals surface area (Å²) >= 11 is 0. The van der Waals surface area contributed by atoms with Crippen molar-refractivity contribution in [1.29, 1.82) is 0 Å². The lowest BCUT2D eigenvalue weighted by Crippen LogP contribution is -2.62. The Kier molecular flexibility index (Phi) is 6.04. The van der Waals surface area contributed by atoms with Gasteiger partial charge in [0, 0.05) is 13.7 Å². The topological polar surface area (TPSA) is 66.0 Å². The molecule has 1 saturated heterocycles. The maximum Gasteiger partial charge on any atom is 0.227 e. The molecule has 1 unspecified atom stereocenters. The molecule has 1 fully saturated rings. The van der Waals surface area contributed by atoms with E-state index in [1.54, 1.807) is 7.11 Å². The number of aryl methyl sites for hydroxylation is 1. The number of hydrogen-bond acceptors (Lipinski definition) is 4. The highest BCUT2D eigenvalue weighted by molar-refractivity contribution is 6.10. The van der Waals surface area contributed by atoms with Gasteiger partial charge in [0.05, 0.1) is 37.5 Å². The molecule has 2 heterocycles. The number of hydrogen-bond donors (Lipinski definition) is 2. The fourth-order valence-electron chi connectivity index (χ4n) is 4.38. The van der Waals surface area contributed by atoms with E-state index < -0.39 is 5.54 Å². The minimum Gasteiger partial charge on any atom is -0.383 e. The summed E-state index contributed by atoms with van der Waals surface area (Å²) in [6.45, 7) is 4.59. The zero-order valence-electron chi connectivity index (χ0n) is 17.8. The number of likely N-dealkylation sites (tertiary alicyclic amines) is 1. The lowest BCUT2D eigenvalue weighted by molar-refractivity contribution is -0.131. The molecule has 0 aliphatic carbocycles. The third kappa shape index (κ3) is 4.33. The average molecular weight is 407 g/mol. The fraction of sp³-hybridized carbons (Fsp3) is 0.417. The molecular weight excluding hydrogens is 376 g/mol. The van der Waals surface area contributed by atoms with Crippen LogP contribution in [0.15, 0.2) is 53.5 Å². The lowest BCUT2D eigenvalue weighted by atomic mass is 9.85. The van der Waals surface area contributed by atoms with Crippen LogP contribution >= 0.6 is 0 Å². The molecule has 2 aliphatic rings. The Morgan fingerprint density at radius 1 is 1.20 bits per heavy atom. The maximum absolute atomic E-state index is 13.1. The second kappa shape index (κ2) is 8.88. The number of carbonyl (C=O) groups excluding carboxylic acids is 1. The molecule has 1 atom stereocenters. The van der Waals surface area contributed by atoms with Gasteiger partial charge in [-0.2, -0.15) is 0 Å². The van der Waals surface area contributed by atoms with Gasteiger partial charge >= 0.3 is 0 Å². The number of piperidine rings is 1. The molecule has 158 valence electrons. The van der Waals surface area contributed by atoms with Gasteiger partial charge in [-0.25, -0.2) is 0 Å². The molecule has 2 aliphatic heterocycles. The van der Waals surface area contributed by atoms with E-state index in [1.807, 2.05) is 35.2 Å². The Labute approximate surface area is 178 Å². The molecule has 2 aromatic rings. The zero-order chi connectivity index (χ0) is 21.0. The van der Waals surface area contributed by atoms with Crippen molar-refractivity contribution in [3.63, 3.8) is 0 Å². The Bertz CT molecular complexity index is 942. The van der Waals surface area contributed by atoms with Crippen molar-refractivity contribution in [2.45, 2.75) is 31.7 Å². The smallest absolute Gasteiger partial charge is 0.227 e. The summed E-state index contributed by atoms with van der Waals surface area (Å²) in [4.78, 5) is 19.9. The van der Waals surface area contributed by atoms with Crippen LogP contribution in [-0.2, 0) is 16.0 Å². The molecule has 0 saturated carbocycles. The SMILES string of the molecule is COCCN=C1Nc2ccccc2NC12CCCN(C(=O)Cc1cccc(C)c1)C2. The lowest BCUT2D eigenvalue weighted by Gasteiger charge is -2.47. The van der Waals surface area contributed by atoms with E-state index in [1.165, 1.54) is 5.56 Å². The quantitative estimate of drug-likeness (QED) is 0.746. The minimum atomic E-state index is -0.400. The summed E-state index contributed by atoms with van der Waals surface area (Å²) in [5.41, 5.74) is 3.91. The van der Waals surface area contributed by atoms with Crippen LogP contribution in [0.2, 0.25) is 0 Å². The van der Waals surface area contributed by atoms with Gasteiger partial charge in [0.1, 0.15) is 11.4 Å². The first kappa shape index (κ1) is 20.4. The molecule has 6 heteroatoms. The van der Waals surface area contributed by atoms with E-state index >= 15 is 0 Å². The van der Waals surface area contributed by atoms with Crippen LogP contribution in [0.5, 0.6) is 0 Å². The summed E-state index contributed by atoms with van der Waals surface area (Å²) in [7, 11) is 1.68. The van der Waals surface area contributed by atoms with E-state index in [-0.39, 0.29) is 5.91 Å². The van der Waals surface area contributed by atoms with Gasteiger partial charge in [0.25, 0.3) is 0 Å². The van der Waals surface area contributed by atoms with Crippen LogP contribution in [0, 0.1) is 6.92 Å². The van der Waals surface area contributed by atoms with Gasteiger partial charge in [-0.05, 0) is 37.5 Å². The monoisotopic (exact) mass is 406 g/mol. The minimum absolute atomic E-state index is 0.163. The van der Waals surface area contributed by atoms with Crippen molar-refractivity contribution in [3.8, 4) is 0 Å². The largest absolute Gasteiger partial charge is 0.383 e. The zero-order valence-corrected chi connectivity index (χ0v) is 17.8. The van der Waals surface area contributed by atoms with Gasteiger partial charge in [-0.15, -0.1) is 0 Å². The summed E-state index contributed by atoms with van der Waals surface area (Å²) in [6.07, 6.45) is 2.28. The summed E-state index contributed by atoms with van der Waals surface area (Å²) in [6, 6.07) is 16.3. The number of methoxy groups -OCH3 is 1. The van der Waals surface area contributed by atoms with Crippen molar-refractivity contribution in [3.05, 3.63) is 59.7 Å². The van der Waals surface area contributed by atoms with Gasteiger partial charge in [0.15, 0.2) is 0 Å². The Balaban J connectivity index is 1.57. The number of nitrogens with one attached hydrogen (secondary N) is 2. The Morgan fingerprint density at radius 2 is 2.03 bits per heavy atom. The number of carbonyl (C=O) groups is 1. The first-order valence-corrected chi connectivity index (χ1v) is 10.6. The number of fused-ring (bicyclic) bond motifs is 1. The molecule has 0 aromatic heterocycles. The third-order valence-electron chi connectivity index (χ3n) is 5.86. The first-order chi connectivity index (χ1) is 14.6. The predicted octanol–water partition coefficient (Wildman–Crippen LogP) is 3.48. The molecule has 4 rings (SSSR count). The number of amidine groups is 1. The molecule has 30 heavy (non-hydrogen) atoms. The van der Waals surface area contributed by atoms with Crippen LogP contribution in [0.25, 0.3) is 0 Å². The number of nitrogens with zero attached hydrogens (tertiary/aromatic N) is 2. The van der Waals surface area contributed by atoms with Crippen molar-refractivity contribution >= 4 is 23.1 Å². The molecule has 0 bridgehead atoms. The number of benzene rings is 2. The van der Waals surface area contributed by atoms with Crippen molar-refractivity contribution in [1.82, 2.24) is 4.90 Å². The van der Waals surface area contributed by atoms with Crippen LogP contribution in [0.3, 0.4) is 0 Å². The predicted molar refractivity (Wildman–Crippen MR) is 121 cm³/mol. The highest BCUT2D eigenvalue weighted by Gasteiger charge is 2.44. The second-order valence-corrected chi connectivity index (χ2v) is 8.19. The molecule has 2 N–H and O–H groups in total. The van der Waals surface area contributed by atoms with E-state index in [2.05, 4.69) is 35.8 Å². The maximum atomic E-state index is 13.1. The average Bonchev–Trinajstić information content (AvgIpc) is 2.74. The van der Waals surface area contributed by atoms with E-state index in [0.717, 1.165) is 42.2 Å². The van der Waals surface area contributed by atoms with Crippen molar-refractivity contribution in [2.75, 3.05) is 44.0 Å². The normalized spacial score (nSPS) is 21.8.